The first-order valence-electron chi connectivity index (χ1n) is 11.2. The number of hydrogen-bond donors (Lipinski definition) is 2. The highest BCUT2D eigenvalue weighted by atomic mass is 16.4. The van der Waals surface area contributed by atoms with Gasteiger partial charge in [-0.25, -0.2) is 9.97 Å². The molecule has 0 atom stereocenters. The molecule has 4 aliphatic rings. The normalized spacial score (nSPS) is 30.3. The number of carbonyl (C=O) groups excluding carboxylic acids is 1. The van der Waals surface area contributed by atoms with Crippen molar-refractivity contribution in [3.63, 3.8) is 0 Å². The summed E-state index contributed by atoms with van der Waals surface area (Å²) in [5, 5.41) is 9.18. The average molecular weight is 418 g/mol. The Morgan fingerprint density at radius 1 is 1.06 bits per heavy atom. The maximum atomic E-state index is 13.2. The first-order valence-corrected chi connectivity index (χ1v) is 11.2. The van der Waals surface area contributed by atoms with Gasteiger partial charge in [0, 0.05) is 5.69 Å². The molecule has 7 nitrogen and oxygen atoms in total. The SMILES string of the molecule is Nc1ncnc2c1C(=O)N(c1ccc(C3CCC4(CC3)CC(C(=O)O)C4)cc1)C21CC1. The number of carboxylic acids is 1. The molecule has 3 saturated carbocycles. The second-order valence-corrected chi connectivity index (χ2v) is 9.96. The van der Waals surface area contributed by atoms with Crippen LogP contribution in [-0.2, 0) is 10.3 Å². The van der Waals surface area contributed by atoms with E-state index in [4.69, 9.17) is 5.73 Å². The van der Waals surface area contributed by atoms with Gasteiger partial charge in [-0.3, -0.25) is 14.5 Å². The number of rotatable bonds is 3. The molecule has 2 heterocycles. The minimum absolute atomic E-state index is 0.101. The van der Waals surface area contributed by atoms with Crippen LogP contribution in [0, 0.1) is 11.3 Å². The molecule has 1 amide bonds. The summed E-state index contributed by atoms with van der Waals surface area (Å²) in [7, 11) is 0. The summed E-state index contributed by atoms with van der Waals surface area (Å²) < 4.78 is 0. The Bertz CT molecular complexity index is 1080. The zero-order chi connectivity index (χ0) is 21.4. The van der Waals surface area contributed by atoms with Gasteiger partial charge in [0.05, 0.1) is 17.2 Å². The maximum Gasteiger partial charge on any atom is 0.306 e. The molecule has 3 aliphatic carbocycles. The van der Waals surface area contributed by atoms with E-state index in [0.717, 1.165) is 62.7 Å². The zero-order valence-corrected chi connectivity index (χ0v) is 17.4. The van der Waals surface area contributed by atoms with Gasteiger partial charge in [-0.2, -0.15) is 0 Å². The number of anilines is 2. The summed E-state index contributed by atoms with van der Waals surface area (Å²) in [6.07, 6.45) is 9.38. The number of nitrogen functional groups attached to an aromatic ring is 1. The van der Waals surface area contributed by atoms with Gasteiger partial charge >= 0.3 is 5.97 Å². The van der Waals surface area contributed by atoms with Crippen LogP contribution < -0.4 is 10.6 Å². The Morgan fingerprint density at radius 2 is 1.74 bits per heavy atom. The highest BCUT2D eigenvalue weighted by Crippen LogP contribution is 2.59. The van der Waals surface area contributed by atoms with E-state index in [2.05, 4.69) is 34.2 Å². The largest absolute Gasteiger partial charge is 0.481 e. The topological polar surface area (TPSA) is 109 Å². The van der Waals surface area contributed by atoms with Crippen LogP contribution in [0.1, 0.15) is 78.9 Å². The monoisotopic (exact) mass is 418 g/mol. The number of aromatic nitrogens is 2. The summed E-state index contributed by atoms with van der Waals surface area (Å²) in [6, 6.07) is 8.41. The lowest BCUT2D eigenvalue weighted by Gasteiger charge is -2.50. The third-order valence-electron chi connectivity index (χ3n) is 8.26. The molecule has 1 aromatic heterocycles. The lowest BCUT2D eigenvalue weighted by atomic mass is 9.54. The van der Waals surface area contributed by atoms with Crippen molar-refractivity contribution in [2.75, 3.05) is 10.6 Å². The van der Waals surface area contributed by atoms with Crippen LogP contribution in [0.25, 0.3) is 0 Å². The summed E-state index contributed by atoms with van der Waals surface area (Å²) in [5.41, 5.74) is 9.35. The maximum absolute atomic E-state index is 13.2. The van der Waals surface area contributed by atoms with E-state index in [1.165, 1.54) is 11.9 Å². The Kier molecular flexibility index (Phi) is 3.80. The van der Waals surface area contributed by atoms with Crippen LogP contribution in [0.3, 0.4) is 0 Å². The van der Waals surface area contributed by atoms with Crippen LogP contribution in [0.2, 0.25) is 0 Å². The van der Waals surface area contributed by atoms with E-state index in [1.807, 2.05) is 4.90 Å². The Labute approximate surface area is 180 Å². The van der Waals surface area contributed by atoms with E-state index in [0.29, 0.717) is 11.5 Å². The number of nitrogens with two attached hydrogens (primary N) is 1. The number of benzene rings is 1. The third-order valence-corrected chi connectivity index (χ3v) is 8.26. The molecule has 0 radical (unpaired) electrons. The molecule has 3 fully saturated rings. The zero-order valence-electron chi connectivity index (χ0n) is 17.4. The standard InChI is InChI=1S/C24H26N4O3/c25-20-18-19(26-13-27-20)24(9-10-24)28(21(18)29)17-3-1-14(2-4-17)15-5-7-23(8-6-15)11-16(12-23)22(30)31/h1-4,13,15-16H,5-12H2,(H,30,31)(H2,25,26,27). The quantitative estimate of drug-likeness (QED) is 0.784. The van der Waals surface area contributed by atoms with Gasteiger partial charge in [-0.1, -0.05) is 12.1 Å². The molecule has 160 valence electrons. The third kappa shape index (κ3) is 2.65. The van der Waals surface area contributed by atoms with Crippen molar-refractivity contribution in [1.82, 2.24) is 9.97 Å². The molecule has 3 N–H and O–H groups in total. The fraction of sp³-hybridized carbons (Fsp3) is 0.500. The molecule has 31 heavy (non-hydrogen) atoms. The number of nitrogens with zero attached hydrogens (tertiary/aromatic N) is 3. The van der Waals surface area contributed by atoms with Crippen LogP contribution in [0.15, 0.2) is 30.6 Å². The Balaban J connectivity index is 1.19. The van der Waals surface area contributed by atoms with E-state index in [-0.39, 0.29) is 28.6 Å². The minimum atomic E-state index is -0.636. The van der Waals surface area contributed by atoms with Gasteiger partial charge in [-0.15, -0.1) is 0 Å². The Hall–Kier alpha value is -2.96. The molecule has 1 aromatic carbocycles. The second-order valence-electron chi connectivity index (χ2n) is 9.96. The first kappa shape index (κ1) is 18.8. The number of hydrogen-bond acceptors (Lipinski definition) is 5. The fourth-order valence-corrected chi connectivity index (χ4v) is 6.35. The molecule has 1 aliphatic heterocycles. The van der Waals surface area contributed by atoms with Crippen molar-refractivity contribution in [3.05, 3.63) is 47.4 Å². The molecule has 7 heteroatoms. The molecule has 2 spiro atoms. The van der Waals surface area contributed by atoms with E-state index < -0.39 is 5.97 Å². The number of fused-ring (bicyclic) bond motifs is 2. The molecule has 0 unspecified atom stereocenters. The molecular weight excluding hydrogens is 392 g/mol. The van der Waals surface area contributed by atoms with E-state index in [9.17, 15) is 14.7 Å². The second kappa shape index (κ2) is 6.28. The van der Waals surface area contributed by atoms with Crippen LogP contribution in [0.5, 0.6) is 0 Å². The number of carbonyl (C=O) groups is 2. The lowest BCUT2D eigenvalue weighted by Crippen LogP contribution is -2.43. The van der Waals surface area contributed by atoms with Crippen molar-refractivity contribution in [2.45, 2.75) is 62.8 Å². The van der Waals surface area contributed by atoms with E-state index in [1.54, 1.807) is 0 Å². The van der Waals surface area contributed by atoms with Gasteiger partial charge in [0.2, 0.25) is 0 Å². The van der Waals surface area contributed by atoms with Gasteiger partial charge in [0.15, 0.2) is 0 Å². The van der Waals surface area contributed by atoms with Crippen molar-refractivity contribution in [2.24, 2.45) is 11.3 Å². The van der Waals surface area contributed by atoms with Gasteiger partial charge in [0.1, 0.15) is 17.7 Å². The Morgan fingerprint density at radius 3 is 2.35 bits per heavy atom. The summed E-state index contributed by atoms with van der Waals surface area (Å²) >= 11 is 0. The smallest absolute Gasteiger partial charge is 0.306 e. The van der Waals surface area contributed by atoms with Crippen LogP contribution in [0.4, 0.5) is 11.5 Å². The lowest BCUT2D eigenvalue weighted by molar-refractivity contribution is -0.151. The van der Waals surface area contributed by atoms with Crippen molar-refractivity contribution in [1.29, 1.82) is 0 Å². The first-order chi connectivity index (χ1) is 14.9. The van der Waals surface area contributed by atoms with Crippen molar-refractivity contribution in [3.8, 4) is 0 Å². The molecular formula is C24H26N4O3. The summed E-state index contributed by atoms with van der Waals surface area (Å²) in [4.78, 5) is 34.6. The van der Waals surface area contributed by atoms with E-state index >= 15 is 0 Å². The fourth-order valence-electron chi connectivity index (χ4n) is 6.35. The predicted molar refractivity (Wildman–Crippen MR) is 115 cm³/mol. The van der Waals surface area contributed by atoms with Crippen LogP contribution in [-0.4, -0.2) is 27.0 Å². The van der Waals surface area contributed by atoms with Gasteiger partial charge in [0.25, 0.3) is 5.91 Å². The van der Waals surface area contributed by atoms with Crippen LogP contribution >= 0.6 is 0 Å². The minimum Gasteiger partial charge on any atom is -0.481 e. The van der Waals surface area contributed by atoms with Gasteiger partial charge in [-0.05, 0) is 80.4 Å². The summed E-state index contributed by atoms with van der Waals surface area (Å²) in [5.74, 6) is -0.102. The number of amides is 1. The molecule has 0 bridgehead atoms. The van der Waals surface area contributed by atoms with Gasteiger partial charge < -0.3 is 10.8 Å². The molecule has 0 saturated heterocycles. The molecule has 6 rings (SSSR count). The average Bonchev–Trinajstić information content (AvgIpc) is 3.49. The van der Waals surface area contributed by atoms with Crippen molar-refractivity contribution < 1.29 is 14.7 Å². The molecule has 2 aromatic rings. The predicted octanol–water partition coefficient (Wildman–Crippen LogP) is 3.85. The number of aliphatic carboxylic acids is 1. The number of carboxylic acid groups (broad SMARTS) is 1. The van der Waals surface area contributed by atoms with Crippen molar-refractivity contribution >= 4 is 23.4 Å². The highest BCUT2D eigenvalue weighted by molar-refractivity contribution is 6.14. The highest BCUT2D eigenvalue weighted by Gasteiger charge is 2.60. The summed E-state index contributed by atoms with van der Waals surface area (Å²) in [6.45, 7) is 0.